The van der Waals surface area contributed by atoms with Gasteiger partial charge in [0.1, 0.15) is 6.04 Å². The van der Waals surface area contributed by atoms with E-state index in [1.54, 1.807) is 13.8 Å². The van der Waals surface area contributed by atoms with Gasteiger partial charge in [0, 0.05) is 19.9 Å². The van der Waals surface area contributed by atoms with E-state index in [-0.39, 0.29) is 13.2 Å². The lowest BCUT2D eigenvalue weighted by Crippen LogP contribution is -2.49. The van der Waals surface area contributed by atoms with Crippen LogP contribution < -0.4 is 11.1 Å². The van der Waals surface area contributed by atoms with Crippen molar-refractivity contribution >= 4 is 15.7 Å². The van der Waals surface area contributed by atoms with E-state index < -0.39 is 26.5 Å². The van der Waals surface area contributed by atoms with Crippen LogP contribution in [0.15, 0.2) is 0 Å². The summed E-state index contributed by atoms with van der Waals surface area (Å²) in [5.74, 6) is -0.418. The standard InChI is InChI=1S/C9H20N2O4S/c1-9(2,16(4,13)14)6-11-8(12)7(10)5-15-3/h7H,5-6,10H2,1-4H3,(H,11,12). The van der Waals surface area contributed by atoms with Crippen LogP contribution in [-0.2, 0) is 19.4 Å². The van der Waals surface area contributed by atoms with Crippen LogP contribution in [0.25, 0.3) is 0 Å². The molecule has 0 aromatic heterocycles. The molecule has 16 heavy (non-hydrogen) atoms. The van der Waals surface area contributed by atoms with Gasteiger partial charge in [0.15, 0.2) is 9.84 Å². The average Bonchev–Trinajstić information content (AvgIpc) is 2.12. The molecule has 96 valence electrons. The van der Waals surface area contributed by atoms with E-state index in [0.29, 0.717) is 0 Å². The van der Waals surface area contributed by atoms with E-state index in [1.165, 1.54) is 7.11 Å². The molecule has 0 heterocycles. The molecule has 1 atom stereocenters. The largest absolute Gasteiger partial charge is 0.383 e. The molecule has 0 saturated heterocycles. The topological polar surface area (TPSA) is 98.5 Å². The lowest BCUT2D eigenvalue weighted by molar-refractivity contribution is -0.123. The number of nitrogens with one attached hydrogen (secondary N) is 1. The summed E-state index contributed by atoms with van der Waals surface area (Å²) in [6.07, 6.45) is 1.13. The molecule has 0 aliphatic heterocycles. The Bertz CT molecular complexity index is 337. The molecule has 0 saturated carbocycles. The van der Waals surface area contributed by atoms with Crippen LogP contribution >= 0.6 is 0 Å². The van der Waals surface area contributed by atoms with Crippen LogP contribution in [0.4, 0.5) is 0 Å². The summed E-state index contributed by atoms with van der Waals surface area (Å²) in [5.41, 5.74) is 5.48. The number of amides is 1. The number of methoxy groups -OCH3 is 1. The normalized spacial score (nSPS) is 14.6. The van der Waals surface area contributed by atoms with Crippen molar-refractivity contribution in [2.24, 2.45) is 5.73 Å². The van der Waals surface area contributed by atoms with E-state index in [4.69, 9.17) is 10.5 Å². The van der Waals surface area contributed by atoms with E-state index in [0.717, 1.165) is 6.26 Å². The minimum Gasteiger partial charge on any atom is -0.383 e. The summed E-state index contributed by atoms with van der Waals surface area (Å²) in [7, 11) is -1.78. The maximum absolute atomic E-state index is 11.4. The average molecular weight is 252 g/mol. The molecule has 0 aliphatic carbocycles. The number of hydrogen-bond acceptors (Lipinski definition) is 5. The lowest BCUT2D eigenvalue weighted by atomic mass is 10.2. The lowest BCUT2D eigenvalue weighted by Gasteiger charge is -2.23. The molecule has 1 unspecified atom stereocenters. The number of sulfone groups is 1. The first-order valence-corrected chi connectivity index (χ1v) is 6.73. The smallest absolute Gasteiger partial charge is 0.239 e. The van der Waals surface area contributed by atoms with Crippen LogP contribution in [0.2, 0.25) is 0 Å². The quantitative estimate of drug-likeness (QED) is 0.625. The molecule has 0 bridgehead atoms. The summed E-state index contributed by atoms with van der Waals surface area (Å²) in [6, 6.07) is -0.777. The fraction of sp³-hybridized carbons (Fsp3) is 0.889. The summed E-state index contributed by atoms with van der Waals surface area (Å²) in [4.78, 5) is 11.4. The number of ether oxygens (including phenoxy) is 1. The molecule has 0 rings (SSSR count). The van der Waals surface area contributed by atoms with E-state index in [1.807, 2.05) is 0 Å². The predicted molar refractivity (Wildman–Crippen MR) is 61.8 cm³/mol. The number of carbonyl (C=O) groups is 1. The Morgan fingerprint density at radius 3 is 2.38 bits per heavy atom. The SMILES string of the molecule is COCC(N)C(=O)NCC(C)(C)S(C)(=O)=O. The molecule has 0 aromatic carbocycles. The van der Waals surface area contributed by atoms with Gasteiger partial charge >= 0.3 is 0 Å². The highest BCUT2D eigenvalue weighted by Crippen LogP contribution is 2.13. The maximum Gasteiger partial charge on any atom is 0.239 e. The fourth-order valence-corrected chi connectivity index (χ4v) is 1.15. The zero-order valence-electron chi connectivity index (χ0n) is 10.1. The molecular formula is C9H20N2O4S. The van der Waals surface area contributed by atoms with Crippen molar-refractivity contribution in [3.8, 4) is 0 Å². The third kappa shape index (κ3) is 4.46. The molecule has 1 amide bonds. The Hall–Kier alpha value is -0.660. The van der Waals surface area contributed by atoms with Gasteiger partial charge in [-0.15, -0.1) is 0 Å². The first-order chi connectivity index (χ1) is 7.12. The number of hydrogen-bond donors (Lipinski definition) is 2. The van der Waals surface area contributed by atoms with Gasteiger partial charge < -0.3 is 15.8 Å². The second-order valence-electron chi connectivity index (χ2n) is 4.31. The highest BCUT2D eigenvalue weighted by Gasteiger charge is 2.31. The Balaban J connectivity index is 4.31. The van der Waals surface area contributed by atoms with Gasteiger partial charge in [-0.3, -0.25) is 4.79 Å². The van der Waals surface area contributed by atoms with Crippen molar-refractivity contribution in [3.63, 3.8) is 0 Å². The van der Waals surface area contributed by atoms with Gasteiger partial charge in [0.25, 0.3) is 0 Å². The van der Waals surface area contributed by atoms with E-state index >= 15 is 0 Å². The Kier molecular flexibility index (Phi) is 5.37. The van der Waals surface area contributed by atoms with Gasteiger partial charge in [-0.1, -0.05) is 0 Å². The van der Waals surface area contributed by atoms with Crippen LogP contribution in [0.1, 0.15) is 13.8 Å². The van der Waals surface area contributed by atoms with Gasteiger partial charge in [-0.25, -0.2) is 8.42 Å². The minimum atomic E-state index is -3.22. The first-order valence-electron chi connectivity index (χ1n) is 4.83. The molecule has 0 aliphatic rings. The summed E-state index contributed by atoms with van der Waals surface area (Å²) in [6.45, 7) is 3.22. The van der Waals surface area contributed by atoms with Crippen LogP contribution in [-0.4, -0.2) is 51.6 Å². The molecule has 0 radical (unpaired) electrons. The second-order valence-corrected chi connectivity index (χ2v) is 6.96. The highest BCUT2D eigenvalue weighted by molar-refractivity contribution is 7.92. The number of nitrogens with two attached hydrogens (primary N) is 1. The van der Waals surface area contributed by atoms with Gasteiger partial charge in [-0.2, -0.15) is 0 Å². The van der Waals surface area contributed by atoms with Crippen LogP contribution in [0, 0.1) is 0 Å². The van der Waals surface area contributed by atoms with Crippen molar-refractivity contribution in [1.82, 2.24) is 5.32 Å². The maximum atomic E-state index is 11.4. The molecule has 7 heteroatoms. The molecular weight excluding hydrogens is 232 g/mol. The first kappa shape index (κ1) is 15.3. The van der Waals surface area contributed by atoms with Gasteiger partial charge in [0.2, 0.25) is 5.91 Å². The third-order valence-electron chi connectivity index (χ3n) is 2.38. The van der Waals surface area contributed by atoms with Crippen LogP contribution in [0.5, 0.6) is 0 Å². The Morgan fingerprint density at radius 2 is 2.00 bits per heavy atom. The Labute approximate surface area is 96.4 Å². The zero-order valence-corrected chi connectivity index (χ0v) is 10.9. The monoisotopic (exact) mass is 252 g/mol. The fourth-order valence-electron chi connectivity index (χ4n) is 0.817. The highest BCUT2D eigenvalue weighted by atomic mass is 32.2. The van der Waals surface area contributed by atoms with Gasteiger partial charge in [-0.05, 0) is 13.8 Å². The van der Waals surface area contributed by atoms with Crippen molar-refractivity contribution in [3.05, 3.63) is 0 Å². The molecule has 0 fully saturated rings. The predicted octanol–water partition coefficient (Wildman–Crippen LogP) is -1.10. The molecule has 3 N–H and O–H groups in total. The summed E-state index contributed by atoms with van der Waals surface area (Å²) in [5, 5.41) is 2.49. The molecule has 0 spiro atoms. The number of rotatable bonds is 6. The zero-order chi connectivity index (χ0) is 13.0. The van der Waals surface area contributed by atoms with Crippen molar-refractivity contribution in [1.29, 1.82) is 0 Å². The van der Waals surface area contributed by atoms with E-state index in [2.05, 4.69) is 5.32 Å². The van der Waals surface area contributed by atoms with Crippen LogP contribution in [0.3, 0.4) is 0 Å². The Morgan fingerprint density at radius 1 is 1.50 bits per heavy atom. The second kappa shape index (κ2) is 5.60. The van der Waals surface area contributed by atoms with Crippen molar-refractivity contribution in [2.45, 2.75) is 24.6 Å². The van der Waals surface area contributed by atoms with E-state index in [9.17, 15) is 13.2 Å². The molecule has 6 nitrogen and oxygen atoms in total. The number of carbonyl (C=O) groups excluding carboxylic acids is 1. The third-order valence-corrected chi connectivity index (χ3v) is 4.53. The summed E-state index contributed by atoms with van der Waals surface area (Å²) < 4.78 is 26.4. The minimum absolute atomic E-state index is 0.0298. The van der Waals surface area contributed by atoms with Gasteiger partial charge in [0.05, 0.1) is 11.4 Å². The van der Waals surface area contributed by atoms with Crippen molar-refractivity contribution < 1.29 is 17.9 Å². The van der Waals surface area contributed by atoms with Crippen molar-refractivity contribution in [2.75, 3.05) is 26.5 Å². The summed E-state index contributed by atoms with van der Waals surface area (Å²) >= 11 is 0. The molecule has 0 aromatic rings.